The smallest absolute Gasteiger partial charge is 0.198 e. The molecule has 0 fully saturated rings. The number of benzene rings is 2. The largest absolute Gasteiger partial charge is 0.504 e. The fourth-order valence-corrected chi connectivity index (χ4v) is 2.16. The Kier molecular flexibility index (Phi) is 2.84. The number of phenols is 2. The first kappa shape index (κ1) is 12.8. The molecule has 0 saturated carbocycles. The average molecular weight is 258 g/mol. The minimum atomic E-state index is -0.541. The molecule has 2 aromatic rings. The first-order chi connectivity index (χ1) is 8.61. The highest BCUT2D eigenvalue weighted by molar-refractivity contribution is 6.29. The molecule has 3 rings (SSSR count). The highest BCUT2D eigenvalue weighted by atomic mass is 16.3. The van der Waals surface area contributed by atoms with Crippen LogP contribution in [0.4, 0.5) is 0 Å². The molecular weight excluding hydrogens is 248 g/mol. The first-order valence-corrected chi connectivity index (χ1v) is 5.34. The van der Waals surface area contributed by atoms with E-state index in [2.05, 4.69) is 0 Å². The molecule has 0 heterocycles. The van der Waals surface area contributed by atoms with Crippen LogP contribution in [0.2, 0.25) is 0 Å². The predicted molar refractivity (Wildman–Crippen MR) is 66.7 cm³/mol. The van der Waals surface area contributed by atoms with Gasteiger partial charge >= 0.3 is 0 Å². The second kappa shape index (κ2) is 4.22. The van der Waals surface area contributed by atoms with Gasteiger partial charge in [-0.05, 0) is 12.1 Å². The molecule has 0 aromatic heterocycles. The van der Waals surface area contributed by atoms with E-state index < -0.39 is 17.3 Å². The number of aromatic hydroxyl groups is 2. The topological polar surface area (TPSA) is 106 Å². The number of ketones is 2. The molecule has 19 heavy (non-hydrogen) atoms. The zero-order chi connectivity index (χ0) is 12.9. The molecule has 4 N–H and O–H groups in total. The molecule has 96 valence electrons. The standard InChI is InChI=1S/C14H8O4.H2O/c15-10-6-5-9-11(14(10)18)13(17)8-4-2-1-3-7(8)12(9)16;/h1-6,15,18H;1H2. The Hall–Kier alpha value is -2.66. The summed E-state index contributed by atoms with van der Waals surface area (Å²) in [6, 6.07) is 8.97. The number of carbonyl (C=O) groups is 2. The molecule has 1 aliphatic carbocycles. The van der Waals surface area contributed by atoms with Crippen molar-refractivity contribution in [2.45, 2.75) is 0 Å². The Morgan fingerprint density at radius 3 is 1.95 bits per heavy atom. The monoisotopic (exact) mass is 258 g/mol. The predicted octanol–water partition coefficient (Wildman–Crippen LogP) is 1.05. The molecule has 5 nitrogen and oxygen atoms in total. The Labute approximate surface area is 108 Å². The summed E-state index contributed by atoms with van der Waals surface area (Å²) in [7, 11) is 0. The van der Waals surface area contributed by atoms with Crippen molar-refractivity contribution in [1.82, 2.24) is 0 Å². The Bertz CT molecular complexity index is 703. The zero-order valence-electron chi connectivity index (χ0n) is 9.68. The van der Waals surface area contributed by atoms with E-state index >= 15 is 0 Å². The van der Waals surface area contributed by atoms with E-state index in [4.69, 9.17) is 0 Å². The van der Waals surface area contributed by atoms with Crippen LogP contribution in [-0.4, -0.2) is 27.3 Å². The molecule has 0 amide bonds. The van der Waals surface area contributed by atoms with E-state index in [1.807, 2.05) is 0 Å². The fourth-order valence-electron chi connectivity index (χ4n) is 2.16. The van der Waals surface area contributed by atoms with Crippen LogP contribution in [0.15, 0.2) is 36.4 Å². The van der Waals surface area contributed by atoms with Crippen LogP contribution >= 0.6 is 0 Å². The third kappa shape index (κ3) is 1.60. The van der Waals surface area contributed by atoms with Crippen molar-refractivity contribution in [3.05, 3.63) is 58.7 Å². The molecule has 0 radical (unpaired) electrons. The molecule has 5 heteroatoms. The summed E-state index contributed by atoms with van der Waals surface area (Å²) in [6.07, 6.45) is 0. The van der Waals surface area contributed by atoms with Gasteiger partial charge in [0.1, 0.15) is 0 Å². The summed E-state index contributed by atoms with van der Waals surface area (Å²) in [6.45, 7) is 0. The van der Waals surface area contributed by atoms with E-state index in [0.29, 0.717) is 5.56 Å². The van der Waals surface area contributed by atoms with Gasteiger partial charge in [-0.2, -0.15) is 0 Å². The van der Waals surface area contributed by atoms with Crippen LogP contribution in [0.25, 0.3) is 0 Å². The molecule has 1 aliphatic rings. The highest BCUT2D eigenvalue weighted by Crippen LogP contribution is 2.37. The molecule has 0 aliphatic heterocycles. The number of rotatable bonds is 0. The van der Waals surface area contributed by atoms with Gasteiger partial charge < -0.3 is 15.7 Å². The first-order valence-electron chi connectivity index (χ1n) is 5.34. The van der Waals surface area contributed by atoms with Crippen LogP contribution in [0.3, 0.4) is 0 Å². The lowest BCUT2D eigenvalue weighted by molar-refractivity contribution is 0.0976. The molecule has 0 atom stereocenters. The normalized spacial score (nSPS) is 12.4. The molecule has 2 aromatic carbocycles. The van der Waals surface area contributed by atoms with E-state index in [0.717, 1.165) is 0 Å². The minimum absolute atomic E-state index is 0. The van der Waals surface area contributed by atoms with Gasteiger partial charge in [0.2, 0.25) is 0 Å². The lowest BCUT2D eigenvalue weighted by Crippen LogP contribution is -2.20. The number of carbonyl (C=O) groups excluding carboxylic acids is 2. The van der Waals surface area contributed by atoms with Gasteiger partial charge in [0.15, 0.2) is 23.1 Å². The van der Waals surface area contributed by atoms with Crippen molar-refractivity contribution in [3.63, 3.8) is 0 Å². The maximum atomic E-state index is 12.2. The molecule has 0 unspecified atom stereocenters. The summed E-state index contributed by atoms with van der Waals surface area (Å²) >= 11 is 0. The van der Waals surface area contributed by atoms with Crippen LogP contribution < -0.4 is 0 Å². The quantitative estimate of drug-likeness (QED) is 0.587. The average Bonchev–Trinajstić information content (AvgIpc) is 2.39. The number of fused-ring (bicyclic) bond motifs is 2. The second-order valence-corrected chi connectivity index (χ2v) is 4.06. The van der Waals surface area contributed by atoms with E-state index in [1.54, 1.807) is 18.2 Å². The van der Waals surface area contributed by atoms with Gasteiger partial charge in [0.25, 0.3) is 0 Å². The third-order valence-electron chi connectivity index (χ3n) is 3.04. The fraction of sp³-hybridized carbons (Fsp3) is 0. The maximum absolute atomic E-state index is 12.2. The SMILES string of the molecule is O.O=C1c2ccccc2C(=O)c2c1ccc(O)c2O. The van der Waals surface area contributed by atoms with Gasteiger partial charge in [-0.25, -0.2) is 0 Å². The van der Waals surface area contributed by atoms with E-state index in [-0.39, 0.29) is 27.9 Å². The van der Waals surface area contributed by atoms with Gasteiger partial charge in [0.05, 0.1) is 5.56 Å². The van der Waals surface area contributed by atoms with E-state index in [1.165, 1.54) is 18.2 Å². The maximum Gasteiger partial charge on any atom is 0.198 e. The van der Waals surface area contributed by atoms with Gasteiger partial charge in [-0.15, -0.1) is 0 Å². The number of hydrogen-bond donors (Lipinski definition) is 2. The molecular formula is C14H10O5. The summed E-state index contributed by atoms with van der Waals surface area (Å²) in [5.41, 5.74) is 0.559. The zero-order valence-corrected chi connectivity index (χ0v) is 9.68. The summed E-state index contributed by atoms with van der Waals surface area (Å²) < 4.78 is 0. The van der Waals surface area contributed by atoms with Crippen molar-refractivity contribution in [3.8, 4) is 11.5 Å². The van der Waals surface area contributed by atoms with Crippen LogP contribution in [0.5, 0.6) is 11.5 Å². The molecule has 0 saturated heterocycles. The van der Waals surface area contributed by atoms with E-state index in [9.17, 15) is 19.8 Å². The van der Waals surface area contributed by atoms with Crippen LogP contribution in [0, 0.1) is 0 Å². The highest BCUT2D eigenvalue weighted by Gasteiger charge is 2.32. The lowest BCUT2D eigenvalue weighted by Gasteiger charge is -2.18. The summed E-state index contributed by atoms with van der Waals surface area (Å²) in [5.74, 6) is -1.72. The number of hydrogen-bond acceptors (Lipinski definition) is 4. The number of phenolic OH excluding ortho intramolecular Hbond substituents is 2. The Balaban J connectivity index is 0.00000133. The Morgan fingerprint density at radius 1 is 0.737 bits per heavy atom. The van der Waals surface area contributed by atoms with Gasteiger partial charge in [-0.1, -0.05) is 24.3 Å². The van der Waals surface area contributed by atoms with Crippen molar-refractivity contribution in [1.29, 1.82) is 0 Å². The minimum Gasteiger partial charge on any atom is -0.504 e. The van der Waals surface area contributed by atoms with Crippen LogP contribution in [-0.2, 0) is 0 Å². The van der Waals surface area contributed by atoms with Crippen LogP contribution in [0.1, 0.15) is 31.8 Å². The molecule has 0 spiro atoms. The summed E-state index contributed by atoms with van der Waals surface area (Å²) in [5, 5.41) is 19.1. The third-order valence-corrected chi connectivity index (χ3v) is 3.04. The van der Waals surface area contributed by atoms with Gasteiger partial charge in [-0.3, -0.25) is 9.59 Å². The van der Waals surface area contributed by atoms with Crippen molar-refractivity contribution >= 4 is 11.6 Å². The van der Waals surface area contributed by atoms with Crippen molar-refractivity contribution in [2.75, 3.05) is 0 Å². The van der Waals surface area contributed by atoms with Crippen molar-refractivity contribution < 1.29 is 25.3 Å². The lowest BCUT2D eigenvalue weighted by atomic mass is 9.83. The Morgan fingerprint density at radius 2 is 1.32 bits per heavy atom. The summed E-state index contributed by atoms with van der Waals surface area (Å²) in [4.78, 5) is 24.4. The van der Waals surface area contributed by atoms with Crippen molar-refractivity contribution in [2.24, 2.45) is 0 Å². The molecule has 0 bridgehead atoms. The van der Waals surface area contributed by atoms with Gasteiger partial charge in [0, 0.05) is 16.7 Å². The second-order valence-electron chi connectivity index (χ2n) is 4.06.